The van der Waals surface area contributed by atoms with Gasteiger partial charge in [-0.3, -0.25) is 4.79 Å². The van der Waals surface area contributed by atoms with Crippen LogP contribution in [0.25, 0.3) is 0 Å². The van der Waals surface area contributed by atoms with Gasteiger partial charge in [0.2, 0.25) is 10.0 Å². The summed E-state index contributed by atoms with van der Waals surface area (Å²) in [7, 11) is -3.37. The van der Waals surface area contributed by atoms with Crippen molar-refractivity contribution in [1.82, 2.24) is 4.31 Å². The molecular weight excluding hydrogens is 382 g/mol. The minimum atomic E-state index is -3.37. The van der Waals surface area contributed by atoms with Gasteiger partial charge in [0.15, 0.2) is 0 Å². The molecule has 1 atom stereocenters. The highest BCUT2D eigenvalue weighted by atomic mass is 32.2. The first-order valence-electron chi connectivity index (χ1n) is 9.65. The van der Waals surface area contributed by atoms with Crippen molar-refractivity contribution in [2.24, 2.45) is 0 Å². The maximum atomic E-state index is 12.3. The number of carbonyl (C=O) groups excluding carboxylic acids is 1. The van der Waals surface area contributed by atoms with Crippen LogP contribution in [0.3, 0.4) is 0 Å². The first-order valence-corrected chi connectivity index (χ1v) is 11.5. The van der Waals surface area contributed by atoms with Crippen molar-refractivity contribution in [2.45, 2.75) is 58.6 Å². The van der Waals surface area contributed by atoms with E-state index in [0.717, 1.165) is 5.56 Å². The van der Waals surface area contributed by atoms with Crippen LogP contribution in [0.2, 0.25) is 0 Å². The fraction of sp³-hybridized carbons (Fsp3) is 0.650. The van der Waals surface area contributed by atoms with Crippen molar-refractivity contribution >= 4 is 16.0 Å². The Morgan fingerprint density at radius 2 is 2.04 bits per heavy atom. The Morgan fingerprint density at radius 3 is 2.64 bits per heavy atom. The average molecular weight is 414 g/mol. The Balaban J connectivity index is 2.18. The third-order valence-corrected chi connectivity index (χ3v) is 5.96. The molecule has 1 aromatic carbocycles. The lowest BCUT2D eigenvalue weighted by molar-refractivity contribution is -0.143. The number of hydrogen-bond acceptors (Lipinski definition) is 6. The quantitative estimate of drug-likeness (QED) is 0.456. The molecule has 1 heterocycles. The summed E-state index contributed by atoms with van der Waals surface area (Å²) in [6.07, 6.45) is 2.63. The summed E-state index contributed by atoms with van der Waals surface area (Å²) in [5.41, 5.74) is 0.326. The molecule has 0 saturated carbocycles. The SMILES string of the molecule is CCOC(=O)CCCOc1ccc2c(c1)C(N(CC)S(C)(=O)=O)CC(C)(C)O2. The number of fused-ring (bicyclic) bond motifs is 1. The minimum Gasteiger partial charge on any atom is -0.494 e. The van der Waals surface area contributed by atoms with Gasteiger partial charge in [0.25, 0.3) is 0 Å². The van der Waals surface area contributed by atoms with Crippen molar-refractivity contribution in [3.05, 3.63) is 23.8 Å². The smallest absolute Gasteiger partial charge is 0.305 e. The van der Waals surface area contributed by atoms with E-state index in [1.54, 1.807) is 13.0 Å². The summed E-state index contributed by atoms with van der Waals surface area (Å²) in [6, 6.07) is 5.15. The minimum absolute atomic E-state index is 0.237. The third-order valence-electron chi connectivity index (χ3n) is 4.60. The molecule has 0 aromatic heterocycles. The molecule has 28 heavy (non-hydrogen) atoms. The van der Waals surface area contributed by atoms with E-state index in [1.165, 1.54) is 10.6 Å². The molecule has 0 radical (unpaired) electrons. The van der Waals surface area contributed by atoms with Gasteiger partial charge in [0, 0.05) is 24.9 Å². The Morgan fingerprint density at radius 1 is 1.32 bits per heavy atom. The number of benzene rings is 1. The number of esters is 1. The summed E-state index contributed by atoms with van der Waals surface area (Å²) < 4.78 is 42.8. The Kier molecular flexibility index (Phi) is 7.33. The lowest BCUT2D eigenvalue weighted by Gasteiger charge is -2.41. The van der Waals surface area contributed by atoms with Gasteiger partial charge in [-0.25, -0.2) is 8.42 Å². The molecule has 1 unspecified atom stereocenters. The van der Waals surface area contributed by atoms with Crippen LogP contribution in [0.15, 0.2) is 18.2 Å². The zero-order valence-electron chi connectivity index (χ0n) is 17.4. The van der Waals surface area contributed by atoms with Gasteiger partial charge in [-0.15, -0.1) is 0 Å². The van der Waals surface area contributed by atoms with Crippen molar-refractivity contribution in [2.75, 3.05) is 26.0 Å². The third kappa shape index (κ3) is 5.85. The van der Waals surface area contributed by atoms with E-state index in [-0.39, 0.29) is 12.0 Å². The number of sulfonamides is 1. The van der Waals surface area contributed by atoms with Crippen molar-refractivity contribution < 1.29 is 27.4 Å². The van der Waals surface area contributed by atoms with E-state index in [2.05, 4.69) is 0 Å². The molecule has 158 valence electrons. The fourth-order valence-corrected chi connectivity index (χ4v) is 4.59. The summed E-state index contributed by atoms with van der Waals surface area (Å²) >= 11 is 0. The molecule has 1 aliphatic rings. The van der Waals surface area contributed by atoms with Crippen LogP contribution in [0.1, 0.15) is 58.6 Å². The van der Waals surface area contributed by atoms with E-state index in [9.17, 15) is 13.2 Å². The number of ether oxygens (including phenoxy) is 3. The molecule has 8 heteroatoms. The predicted octanol–water partition coefficient (Wildman–Crippen LogP) is 3.29. The van der Waals surface area contributed by atoms with Gasteiger partial charge in [-0.1, -0.05) is 6.92 Å². The second-order valence-electron chi connectivity index (χ2n) is 7.50. The van der Waals surface area contributed by atoms with Gasteiger partial charge in [0.1, 0.15) is 17.1 Å². The summed E-state index contributed by atoms with van der Waals surface area (Å²) in [6.45, 7) is 8.65. The van der Waals surface area contributed by atoms with E-state index in [0.29, 0.717) is 50.5 Å². The highest BCUT2D eigenvalue weighted by molar-refractivity contribution is 7.88. The number of rotatable bonds is 9. The van der Waals surface area contributed by atoms with Gasteiger partial charge in [-0.05, 0) is 45.4 Å². The molecule has 0 spiro atoms. The Labute approximate surface area is 168 Å². The monoisotopic (exact) mass is 413 g/mol. The zero-order chi connectivity index (χ0) is 20.9. The largest absolute Gasteiger partial charge is 0.494 e. The molecule has 1 aromatic rings. The zero-order valence-corrected chi connectivity index (χ0v) is 18.2. The van der Waals surface area contributed by atoms with E-state index >= 15 is 0 Å². The van der Waals surface area contributed by atoms with E-state index < -0.39 is 15.6 Å². The maximum Gasteiger partial charge on any atom is 0.305 e. The van der Waals surface area contributed by atoms with Crippen LogP contribution in [0.4, 0.5) is 0 Å². The van der Waals surface area contributed by atoms with Crippen LogP contribution < -0.4 is 9.47 Å². The first kappa shape index (κ1) is 22.5. The van der Waals surface area contributed by atoms with Gasteiger partial charge < -0.3 is 14.2 Å². The molecular formula is C20H31NO6S. The van der Waals surface area contributed by atoms with Crippen molar-refractivity contribution in [1.29, 1.82) is 0 Å². The van der Waals surface area contributed by atoms with Crippen molar-refractivity contribution in [3.63, 3.8) is 0 Å². The second-order valence-corrected chi connectivity index (χ2v) is 9.44. The van der Waals surface area contributed by atoms with Crippen LogP contribution in [-0.4, -0.2) is 50.3 Å². The molecule has 0 bridgehead atoms. The van der Waals surface area contributed by atoms with Gasteiger partial charge in [0.05, 0.1) is 25.5 Å². The molecule has 0 fully saturated rings. The number of nitrogens with zero attached hydrogens (tertiary/aromatic N) is 1. The molecule has 0 amide bonds. The fourth-order valence-electron chi connectivity index (χ4n) is 3.47. The summed E-state index contributed by atoms with van der Waals surface area (Å²) in [4.78, 5) is 11.4. The molecule has 2 rings (SSSR count). The molecule has 7 nitrogen and oxygen atoms in total. The molecule has 1 aliphatic heterocycles. The second kappa shape index (κ2) is 9.13. The molecule has 0 N–H and O–H groups in total. The van der Waals surface area contributed by atoms with Gasteiger partial charge >= 0.3 is 5.97 Å². The van der Waals surface area contributed by atoms with Crippen molar-refractivity contribution in [3.8, 4) is 11.5 Å². The average Bonchev–Trinajstić information content (AvgIpc) is 2.58. The lowest BCUT2D eigenvalue weighted by Crippen LogP contribution is -2.43. The topological polar surface area (TPSA) is 82.1 Å². The normalized spacial score (nSPS) is 18.3. The summed E-state index contributed by atoms with van der Waals surface area (Å²) in [5.74, 6) is 1.06. The maximum absolute atomic E-state index is 12.3. The number of hydrogen-bond donors (Lipinski definition) is 0. The van der Waals surface area contributed by atoms with E-state index in [4.69, 9.17) is 14.2 Å². The standard InChI is InChI=1S/C20H31NO6S/c1-6-21(28(5,23)24)17-14-20(3,4)27-18-11-10-15(13-16(17)18)26-12-8-9-19(22)25-7-2/h10-11,13,17H,6-9,12,14H2,1-5H3. The van der Waals surface area contributed by atoms with E-state index in [1.807, 2.05) is 32.9 Å². The lowest BCUT2D eigenvalue weighted by atomic mass is 9.89. The predicted molar refractivity (Wildman–Crippen MR) is 107 cm³/mol. The van der Waals surface area contributed by atoms with Crippen LogP contribution in [0, 0.1) is 0 Å². The highest BCUT2D eigenvalue weighted by Crippen LogP contribution is 2.44. The van der Waals surface area contributed by atoms with Crippen LogP contribution in [-0.2, 0) is 19.6 Å². The van der Waals surface area contributed by atoms with Gasteiger partial charge in [-0.2, -0.15) is 4.31 Å². The highest BCUT2D eigenvalue weighted by Gasteiger charge is 2.39. The first-order chi connectivity index (χ1) is 13.1. The molecule has 0 saturated heterocycles. The van der Waals surface area contributed by atoms with Crippen LogP contribution >= 0.6 is 0 Å². The molecule has 0 aliphatic carbocycles. The van der Waals surface area contributed by atoms with Crippen LogP contribution in [0.5, 0.6) is 11.5 Å². The number of carbonyl (C=O) groups is 1. The Bertz CT molecular complexity index is 790. The Hall–Kier alpha value is -1.80. The summed E-state index contributed by atoms with van der Waals surface area (Å²) in [5, 5.41) is 0.